The minimum atomic E-state index is 0.533. The van der Waals surface area contributed by atoms with Gasteiger partial charge in [0, 0.05) is 17.8 Å². The number of nitrogens with one attached hydrogen (secondary N) is 1. The number of allylic oxidation sites excluding steroid dienone is 1. The zero-order valence-electron chi connectivity index (χ0n) is 9.96. The van der Waals surface area contributed by atoms with E-state index in [0.29, 0.717) is 5.41 Å². The van der Waals surface area contributed by atoms with Crippen LogP contribution in [0.25, 0.3) is 0 Å². The highest BCUT2D eigenvalue weighted by Crippen LogP contribution is 2.33. The van der Waals surface area contributed by atoms with E-state index in [4.69, 9.17) is 0 Å². The van der Waals surface area contributed by atoms with Gasteiger partial charge in [0.05, 0.1) is 0 Å². The van der Waals surface area contributed by atoms with Crippen molar-refractivity contribution in [3.8, 4) is 0 Å². The fourth-order valence-electron chi connectivity index (χ4n) is 2.65. The highest BCUT2D eigenvalue weighted by molar-refractivity contribution is 7.99. The van der Waals surface area contributed by atoms with E-state index in [1.807, 2.05) is 0 Å². The molecule has 0 bridgehead atoms. The first-order valence-corrected chi connectivity index (χ1v) is 7.30. The third kappa shape index (κ3) is 3.53. The van der Waals surface area contributed by atoms with E-state index >= 15 is 0 Å². The van der Waals surface area contributed by atoms with Crippen LogP contribution in [-0.4, -0.2) is 23.6 Å². The lowest BCUT2D eigenvalue weighted by Crippen LogP contribution is -2.45. The molecule has 0 spiro atoms. The normalized spacial score (nSPS) is 35.3. The summed E-state index contributed by atoms with van der Waals surface area (Å²) in [5.41, 5.74) is 0.533. The second kappa shape index (κ2) is 4.92. The van der Waals surface area contributed by atoms with E-state index in [2.05, 4.69) is 43.1 Å². The van der Waals surface area contributed by atoms with Crippen LogP contribution in [0.2, 0.25) is 0 Å². The second-order valence-electron chi connectivity index (χ2n) is 5.73. The maximum Gasteiger partial charge on any atom is 0.0166 e. The van der Waals surface area contributed by atoms with Crippen molar-refractivity contribution in [2.45, 2.75) is 51.6 Å². The van der Waals surface area contributed by atoms with Gasteiger partial charge in [0.2, 0.25) is 0 Å². The van der Waals surface area contributed by atoms with Gasteiger partial charge in [-0.1, -0.05) is 26.0 Å². The summed E-state index contributed by atoms with van der Waals surface area (Å²) in [5, 5.41) is 3.84. The van der Waals surface area contributed by atoms with Gasteiger partial charge in [-0.05, 0) is 36.9 Å². The fourth-order valence-corrected chi connectivity index (χ4v) is 3.93. The first-order chi connectivity index (χ1) is 7.16. The zero-order valence-corrected chi connectivity index (χ0v) is 10.8. The molecule has 2 atom stereocenters. The summed E-state index contributed by atoms with van der Waals surface area (Å²) in [5.74, 6) is 2.64. The van der Waals surface area contributed by atoms with Gasteiger partial charge in [-0.2, -0.15) is 11.8 Å². The standard InChI is InChI=1S/C13H23NS/c1-13(2)8-12(9-15-10-13)14-11-6-4-3-5-7-11/h3-4,11-12,14H,5-10H2,1-2H3. The van der Waals surface area contributed by atoms with Gasteiger partial charge >= 0.3 is 0 Å². The third-order valence-corrected chi connectivity index (χ3v) is 4.97. The van der Waals surface area contributed by atoms with Crippen LogP contribution in [0.1, 0.15) is 39.5 Å². The minimum absolute atomic E-state index is 0.533. The topological polar surface area (TPSA) is 12.0 Å². The summed E-state index contributed by atoms with van der Waals surface area (Å²) >= 11 is 2.12. The maximum absolute atomic E-state index is 3.84. The third-order valence-electron chi connectivity index (χ3n) is 3.35. The molecule has 2 heteroatoms. The predicted molar refractivity (Wildman–Crippen MR) is 69.4 cm³/mol. The zero-order chi connectivity index (χ0) is 10.7. The average Bonchev–Trinajstić information content (AvgIpc) is 2.17. The second-order valence-corrected chi connectivity index (χ2v) is 6.76. The van der Waals surface area contributed by atoms with Crippen LogP contribution in [0.5, 0.6) is 0 Å². The van der Waals surface area contributed by atoms with Crippen LogP contribution in [0.3, 0.4) is 0 Å². The lowest BCUT2D eigenvalue weighted by Gasteiger charge is -2.37. The summed E-state index contributed by atoms with van der Waals surface area (Å²) in [6.07, 6.45) is 9.83. The molecule has 0 aromatic heterocycles. The van der Waals surface area contributed by atoms with Gasteiger partial charge < -0.3 is 5.32 Å². The van der Waals surface area contributed by atoms with E-state index in [-0.39, 0.29) is 0 Å². The summed E-state index contributed by atoms with van der Waals surface area (Å²) in [6.45, 7) is 4.79. The Morgan fingerprint density at radius 2 is 2.13 bits per heavy atom. The Kier molecular flexibility index (Phi) is 3.78. The van der Waals surface area contributed by atoms with Crippen molar-refractivity contribution < 1.29 is 0 Å². The molecule has 0 aromatic carbocycles. The van der Waals surface area contributed by atoms with Crippen LogP contribution in [-0.2, 0) is 0 Å². The van der Waals surface area contributed by atoms with Gasteiger partial charge in [-0.25, -0.2) is 0 Å². The fraction of sp³-hybridized carbons (Fsp3) is 0.846. The van der Waals surface area contributed by atoms with Gasteiger partial charge in [0.1, 0.15) is 0 Å². The molecule has 1 heterocycles. The lowest BCUT2D eigenvalue weighted by molar-refractivity contribution is 0.294. The molecule has 2 aliphatic rings. The van der Waals surface area contributed by atoms with Crippen molar-refractivity contribution in [1.82, 2.24) is 5.32 Å². The average molecular weight is 225 g/mol. The molecule has 0 aromatic rings. The Morgan fingerprint density at radius 1 is 1.27 bits per heavy atom. The van der Waals surface area contributed by atoms with Crippen molar-refractivity contribution in [1.29, 1.82) is 0 Å². The van der Waals surface area contributed by atoms with Crippen molar-refractivity contribution in [3.63, 3.8) is 0 Å². The minimum Gasteiger partial charge on any atom is -0.310 e. The van der Waals surface area contributed by atoms with Crippen LogP contribution in [0, 0.1) is 5.41 Å². The summed E-state index contributed by atoms with van der Waals surface area (Å²) < 4.78 is 0. The molecular weight excluding hydrogens is 202 g/mol. The van der Waals surface area contributed by atoms with Gasteiger partial charge in [0.15, 0.2) is 0 Å². The Hall–Kier alpha value is 0.0500. The molecule has 1 saturated heterocycles. The molecular formula is C13H23NS. The number of hydrogen-bond acceptors (Lipinski definition) is 2. The molecule has 2 rings (SSSR count). The Morgan fingerprint density at radius 3 is 2.80 bits per heavy atom. The number of thioether (sulfide) groups is 1. The van der Waals surface area contributed by atoms with E-state index in [1.165, 1.54) is 37.2 Å². The van der Waals surface area contributed by atoms with E-state index < -0.39 is 0 Å². The van der Waals surface area contributed by atoms with Crippen LogP contribution >= 0.6 is 11.8 Å². The Bertz CT molecular complexity index is 235. The Labute approximate surface area is 98.1 Å². The molecule has 0 radical (unpaired) electrons. The molecule has 1 N–H and O–H groups in total. The van der Waals surface area contributed by atoms with Crippen molar-refractivity contribution in [2.24, 2.45) is 5.41 Å². The van der Waals surface area contributed by atoms with E-state index in [0.717, 1.165) is 12.1 Å². The molecule has 1 fully saturated rings. The first-order valence-electron chi connectivity index (χ1n) is 6.14. The summed E-state index contributed by atoms with van der Waals surface area (Å²) in [6, 6.07) is 1.49. The van der Waals surface area contributed by atoms with Crippen molar-refractivity contribution in [3.05, 3.63) is 12.2 Å². The lowest BCUT2D eigenvalue weighted by atomic mass is 9.87. The van der Waals surface area contributed by atoms with Crippen LogP contribution < -0.4 is 5.32 Å². The highest BCUT2D eigenvalue weighted by Gasteiger charge is 2.29. The predicted octanol–water partition coefficient (Wildman–Crippen LogP) is 3.22. The smallest absolute Gasteiger partial charge is 0.0166 e. The van der Waals surface area contributed by atoms with Gasteiger partial charge in [-0.15, -0.1) is 0 Å². The summed E-state index contributed by atoms with van der Waals surface area (Å²) in [7, 11) is 0. The molecule has 86 valence electrons. The van der Waals surface area contributed by atoms with Crippen LogP contribution in [0.15, 0.2) is 12.2 Å². The largest absolute Gasteiger partial charge is 0.310 e. The first kappa shape index (κ1) is 11.5. The van der Waals surface area contributed by atoms with Gasteiger partial charge in [-0.3, -0.25) is 0 Å². The molecule has 1 aliphatic carbocycles. The Balaban J connectivity index is 1.81. The monoisotopic (exact) mass is 225 g/mol. The van der Waals surface area contributed by atoms with Crippen LogP contribution in [0.4, 0.5) is 0 Å². The SMILES string of the molecule is CC1(C)CSCC(NC2CC=CCC2)C1. The molecule has 1 nitrogen and oxygen atoms in total. The number of rotatable bonds is 2. The van der Waals surface area contributed by atoms with Gasteiger partial charge in [0.25, 0.3) is 0 Å². The van der Waals surface area contributed by atoms with E-state index in [9.17, 15) is 0 Å². The molecule has 0 saturated carbocycles. The highest BCUT2D eigenvalue weighted by atomic mass is 32.2. The quantitative estimate of drug-likeness (QED) is 0.724. The van der Waals surface area contributed by atoms with E-state index in [1.54, 1.807) is 0 Å². The maximum atomic E-state index is 3.84. The molecule has 0 amide bonds. The van der Waals surface area contributed by atoms with Crippen molar-refractivity contribution >= 4 is 11.8 Å². The number of hydrogen-bond donors (Lipinski definition) is 1. The van der Waals surface area contributed by atoms with Crippen molar-refractivity contribution in [2.75, 3.05) is 11.5 Å². The molecule has 15 heavy (non-hydrogen) atoms. The molecule has 1 aliphatic heterocycles. The molecule has 2 unspecified atom stereocenters. The summed E-state index contributed by atoms with van der Waals surface area (Å²) in [4.78, 5) is 0.